The van der Waals surface area contributed by atoms with Crippen LogP contribution in [0.3, 0.4) is 0 Å². The van der Waals surface area contributed by atoms with Gasteiger partial charge in [-0.1, -0.05) is 24.1 Å². The van der Waals surface area contributed by atoms with Crippen molar-refractivity contribution in [1.29, 1.82) is 0 Å². The molecule has 9 nitrogen and oxygen atoms in total. The molecule has 2 aromatic heterocycles. The molecule has 0 saturated carbocycles. The summed E-state index contributed by atoms with van der Waals surface area (Å²) in [5.74, 6) is 2.89. The summed E-state index contributed by atoms with van der Waals surface area (Å²) in [4.78, 5) is 51.2. The van der Waals surface area contributed by atoms with Crippen LogP contribution in [-0.2, 0) is 30.5 Å². The molecule has 2 heterocycles. The zero-order chi connectivity index (χ0) is 22.6. The van der Waals surface area contributed by atoms with E-state index in [2.05, 4.69) is 38.5 Å². The van der Waals surface area contributed by atoms with Gasteiger partial charge >= 0.3 is 13.3 Å². The Morgan fingerprint density at radius 3 is 2.58 bits per heavy atom. The van der Waals surface area contributed by atoms with Crippen molar-refractivity contribution in [2.24, 2.45) is 0 Å². The van der Waals surface area contributed by atoms with Crippen LogP contribution in [0.5, 0.6) is 0 Å². The van der Waals surface area contributed by atoms with Gasteiger partial charge < -0.3 is 14.8 Å². The fourth-order valence-electron chi connectivity index (χ4n) is 3.31. The predicted octanol–water partition coefficient (Wildman–Crippen LogP) is 1.87. The summed E-state index contributed by atoms with van der Waals surface area (Å²) in [6, 6.07) is 7.97. The molecule has 3 N–H and O–H groups in total. The number of halogens is 1. The Hall–Kier alpha value is -2.19. The first-order valence-corrected chi connectivity index (χ1v) is 12.5. The van der Waals surface area contributed by atoms with E-state index in [1.54, 1.807) is 0 Å². The van der Waals surface area contributed by atoms with Gasteiger partial charge in [0, 0.05) is 22.7 Å². The second-order valence-corrected chi connectivity index (χ2v) is 10.0. The third kappa shape index (κ3) is 5.74. The summed E-state index contributed by atoms with van der Waals surface area (Å²) in [5.41, 5.74) is 0.475. The van der Waals surface area contributed by atoms with Crippen LogP contribution >= 0.6 is 30.2 Å². The largest absolute Gasteiger partial charge is 0.336 e. The van der Waals surface area contributed by atoms with Gasteiger partial charge in [-0.05, 0) is 53.5 Å². The van der Waals surface area contributed by atoms with Crippen LogP contribution < -0.4 is 11.2 Å². The molecule has 1 aromatic carbocycles. The third-order valence-electron chi connectivity index (χ3n) is 4.83. The number of hydrogen-bond donors (Lipinski definition) is 3. The van der Waals surface area contributed by atoms with Crippen LogP contribution in [0.25, 0.3) is 11.2 Å². The Balaban J connectivity index is 1.94. The standard InChI is InChI=1S/C20H22IN4O5P/c1-2-11-25-19(26)17-18(24(20(25)27)12-5-6-13-31(28,29)30)23-16(22-17)10-9-14-7-3-4-8-15(14)21/h1,3-4,7-8H,5-6,9-13H2,(H,22,23)(H2,28,29,30). The van der Waals surface area contributed by atoms with Gasteiger partial charge in [-0.2, -0.15) is 0 Å². The highest BCUT2D eigenvalue weighted by atomic mass is 127. The molecule has 164 valence electrons. The molecule has 0 aliphatic rings. The van der Waals surface area contributed by atoms with Crippen molar-refractivity contribution in [2.45, 2.75) is 38.8 Å². The molecule has 0 fully saturated rings. The highest BCUT2D eigenvalue weighted by Gasteiger charge is 2.18. The number of unbranched alkanes of at least 4 members (excludes halogenated alkanes) is 1. The van der Waals surface area contributed by atoms with Gasteiger partial charge in [0.25, 0.3) is 5.56 Å². The number of benzene rings is 1. The number of terminal acetylenes is 1. The molecule has 0 radical (unpaired) electrons. The lowest BCUT2D eigenvalue weighted by Gasteiger charge is -2.10. The summed E-state index contributed by atoms with van der Waals surface area (Å²) in [6.07, 6.45) is 6.90. The Morgan fingerprint density at radius 2 is 1.90 bits per heavy atom. The van der Waals surface area contributed by atoms with Crippen molar-refractivity contribution < 1.29 is 14.4 Å². The minimum Gasteiger partial charge on any atom is -0.336 e. The van der Waals surface area contributed by atoms with Gasteiger partial charge in [0.1, 0.15) is 11.3 Å². The van der Waals surface area contributed by atoms with E-state index in [0.29, 0.717) is 25.1 Å². The SMILES string of the molecule is C#CCn1c(=O)c2[nH]c(CCc3ccccc3I)nc2n(CCCCP(=O)(O)O)c1=O. The number of aromatic nitrogens is 4. The summed E-state index contributed by atoms with van der Waals surface area (Å²) in [6.45, 7) is -0.00624. The van der Waals surface area contributed by atoms with E-state index in [1.165, 1.54) is 4.57 Å². The molecule has 3 rings (SSSR count). The van der Waals surface area contributed by atoms with Gasteiger partial charge in [0.2, 0.25) is 0 Å². The topological polar surface area (TPSA) is 130 Å². The molecular formula is C20H22IN4O5P. The van der Waals surface area contributed by atoms with E-state index in [-0.39, 0.29) is 36.8 Å². The van der Waals surface area contributed by atoms with Crippen LogP contribution in [0.4, 0.5) is 0 Å². The number of nitrogens with one attached hydrogen (secondary N) is 1. The Bertz CT molecular complexity index is 1300. The smallest absolute Gasteiger partial charge is 0.333 e. The van der Waals surface area contributed by atoms with Crippen molar-refractivity contribution in [2.75, 3.05) is 6.16 Å². The normalized spacial score (nSPS) is 11.7. The zero-order valence-electron chi connectivity index (χ0n) is 16.6. The molecule has 31 heavy (non-hydrogen) atoms. The Kier molecular flexibility index (Phi) is 7.54. The quantitative estimate of drug-likeness (QED) is 0.160. The van der Waals surface area contributed by atoms with Crippen LogP contribution in [-0.4, -0.2) is 35.1 Å². The maximum atomic E-state index is 12.8. The summed E-state index contributed by atoms with van der Waals surface area (Å²) >= 11 is 2.27. The van der Waals surface area contributed by atoms with Crippen molar-refractivity contribution in [3.8, 4) is 12.3 Å². The third-order valence-corrected chi connectivity index (χ3v) is 6.78. The summed E-state index contributed by atoms with van der Waals surface area (Å²) < 4.78 is 14.5. The molecule has 0 saturated heterocycles. The number of aryl methyl sites for hydroxylation is 3. The highest BCUT2D eigenvalue weighted by molar-refractivity contribution is 14.1. The minimum atomic E-state index is -4.10. The molecule has 0 aliphatic carbocycles. The molecule has 0 aliphatic heterocycles. The number of rotatable bonds is 9. The minimum absolute atomic E-state index is 0.168. The first kappa shape index (κ1) is 23.5. The molecule has 0 unspecified atom stereocenters. The van der Waals surface area contributed by atoms with Crippen molar-refractivity contribution in [1.82, 2.24) is 19.1 Å². The van der Waals surface area contributed by atoms with E-state index >= 15 is 0 Å². The highest BCUT2D eigenvalue weighted by Crippen LogP contribution is 2.35. The molecule has 0 spiro atoms. The van der Waals surface area contributed by atoms with Crippen LogP contribution in [0.15, 0.2) is 33.9 Å². The summed E-state index contributed by atoms with van der Waals surface area (Å²) in [5, 5.41) is 0. The molecular weight excluding hydrogens is 534 g/mol. The van der Waals surface area contributed by atoms with E-state index in [0.717, 1.165) is 13.7 Å². The average molecular weight is 556 g/mol. The fourth-order valence-corrected chi connectivity index (χ4v) is 4.60. The van der Waals surface area contributed by atoms with E-state index in [1.807, 2.05) is 24.3 Å². The first-order valence-electron chi connectivity index (χ1n) is 9.65. The maximum absolute atomic E-state index is 12.8. The zero-order valence-corrected chi connectivity index (χ0v) is 19.7. The number of nitrogens with zero attached hydrogens (tertiary/aromatic N) is 3. The van der Waals surface area contributed by atoms with Gasteiger partial charge in [0.05, 0.1) is 6.54 Å². The van der Waals surface area contributed by atoms with Gasteiger partial charge in [-0.25, -0.2) is 14.3 Å². The van der Waals surface area contributed by atoms with Crippen molar-refractivity contribution in [3.63, 3.8) is 0 Å². The monoisotopic (exact) mass is 556 g/mol. The number of imidazole rings is 1. The van der Waals surface area contributed by atoms with Gasteiger partial charge in [-0.3, -0.25) is 13.9 Å². The Morgan fingerprint density at radius 1 is 1.16 bits per heavy atom. The van der Waals surface area contributed by atoms with Crippen molar-refractivity contribution >= 4 is 41.4 Å². The fraction of sp³-hybridized carbons (Fsp3) is 0.350. The molecule has 0 amide bonds. The molecule has 11 heteroatoms. The van der Waals surface area contributed by atoms with E-state index in [4.69, 9.17) is 16.2 Å². The van der Waals surface area contributed by atoms with Gasteiger partial charge in [-0.15, -0.1) is 6.42 Å². The van der Waals surface area contributed by atoms with Gasteiger partial charge in [0.15, 0.2) is 5.65 Å². The molecule has 0 bridgehead atoms. The predicted molar refractivity (Wildman–Crippen MR) is 126 cm³/mol. The van der Waals surface area contributed by atoms with E-state index < -0.39 is 18.8 Å². The molecule has 0 atom stereocenters. The summed E-state index contributed by atoms with van der Waals surface area (Å²) in [7, 11) is -4.10. The van der Waals surface area contributed by atoms with Crippen molar-refractivity contribution in [3.05, 3.63) is 60.1 Å². The lowest BCUT2D eigenvalue weighted by molar-refractivity contribution is 0.370. The molecule has 3 aromatic rings. The maximum Gasteiger partial charge on any atom is 0.333 e. The second-order valence-electron chi connectivity index (χ2n) is 7.10. The van der Waals surface area contributed by atoms with Crippen LogP contribution in [0.1, 0.15) is 24.2 Å². The van der Waals surface area contributed by atoms with Crippen LogP contribution in [0.2, 0.25) is 0 Å². The number of aromatic amines is 1. The number of fused-ring (bicyclic) bond motifs is 1. The first-order chi connectivity index (χ1) is 14.7. The van der Waals surface area contributed by atoms with Crippen LogP contribution in [0, 0.1) is 15.9 Å². The second kappa shape index (κ2) is 9.96. The lowest BCUT2D eigenvalue weighted by atomic mass is 10.1. The number of hydrogen-bond acceptors (Lipinski definition) is 4. The number of H-pyrrole nitrogens is 1. The lowest BCUT2D eigenvalue weighted by Crippen LogP contribution is -2.40. The average Bonchev–Trinajstić information content (AvgIpc) is 3.13. The van der Waals surface area contributed by atoms with E-state index in [9.17, 15) is 14.2 Å². The Labute approximate surface area is 191 Å².